The van der Waals surface area contributed by atoms with Gasteiger partial charge in [-0.2, -0.15) is 0 Å². The van der Waals surface area contributed by atoms with Gasteiger partial charge in [-0.25, -0.2) is 13.7 Å². The van der Waals surface area contributed by atoms with E-state index in [4.69, 9.17) is 53.4 Å². The van der Waals surface area contributed by atoms with Crippen molar-refractivity contribution >= 4 is 35.4 Å². The lowest BCUT2D eigenvalue weighted by atomic mass is 10.1. The molecule has 0 aromatic heterocycles. The van der Waals surface area contributed by atoms with Crippen LogP contribution >= 0.6 is 23.2 Å². The molecule has 0 saturated carbocycles. The van der Waals surface area contributed by atoms with Crippen molar-refractivity contribution in [1.29, 1.82) is 0 Å². The van der Waals surface area contributed by atoms with Crippen LogP contribution in [0.25, 0.3) is 12.2 Å². The molecule has 3 atom stereocenters. The zero-order valence-corrected chi connectivity index (χ0v) is 30.9. The van der Waals surface area contributed by atoms with Crippen molar-refractivity contribution in [3.8, 4) is 34.5 Å². The number of hydrogen-bond acceptors (Lipinski definition) is 14. The highest BCUT2D eigenvalue weighted by Gasteiger charge is 2.33. The van der Waals surface area contributed by atoms with Crippen molar-refractivity contribution in [3.05, 3.63) is 145 Å². The number of phosphoric ester groups is 2. The Morgan fingerprint density at radius 3 is 1.23 bits per heavy atom. The summed E-state index contributed by atoms with van der Waals surface area (Å²) in [4.78, 5) is 0. The molecule has 0 bridgehead atoms. The first-order valence-corrected chi connectivity index (χ1v) is 20.7. The van der Waals surface area contributed by atoms with Crippen molar-refractivity contribution < 1.29 is 49.9 Å². The quantitative estimate of drug-likeness (QED) is 0.0385. The predicted octanol–water partition coefficient (Wildman–Crippen LogP) is 8.46. The molecule has 53 heavy (non-hydrogen) atoms. The molecule has 0 radical (unpaired) electrons. The normalized spacial score (nSPS) is 14.6. The summed E-state index contributed by atoms with van der Waals surface area (Å²) in [7, 11) is -12.3. The van der Waals surface area contributed by atoms with Crippen LogP contribution < -0.4 is 44.3 Å². The first-order chi connectivity index (χ1) is 25.6. The summed E-state index contributed by atoms with van der Waals surface area (Å²) in [5, 5.41) is 0. The fraction of sp³-hybridized carbons (Fsp3) is 0.111. The molecule has 0 aliphatic heterocycles. The highest BCUT2D eigenvalue weighted by Crippen LogP contribution is 2.53. The fourth-order valence-electron chi connectivity index (χ4n) is 4.50. The largest absolute Gasteiger partial charge is 0.588 e. The van der Waals surface area contributed by atoms with Crippen LogP contribution in [0, 0.1) is 0 Å². The molecule has 0 aliphatic carbocycles. The van der Waals surface area contributed by atoms with Crippen LogP contribution in [0.1, 0.15) is 11.1 Å². The van der Waals surface area contributed by atoms with Gasteiger partial charge in [0.05, 0.1) is 6.16 Å². The summed E-state index contributed by atoms with van der Waals surface area (Å²) in [6, 6.07) is 36.2. The van der Waals surface area contributed by atoms with Crippen LogP contribution in [0.5, 0.6) is 34.5 Å². The molecule has 0 heterocycles. The van der Waals surface area contributed by atoms with Gasteiger partial charge in [0.2, 0.25) is 0 Å². The van der Waals surface area contributed by atoms with E-state index >= 15 is 0 Å². The van der Waals surface area contributed by atoms with E-state index in [0.717, 1.165) is 0 Å². The van der Waals surface area contributed by atoms with Gasteiger partial charge < -0.3 is 44.3 Å². The molecule has 0 aliphatic rings. The Kier molecular flexibility index (Phi) is 13.9. The minimum Gasteiger partial charge on any atom is -0.416 e. The number of rotatable bonds is 20. The topological polar surface area (TPSA) is 203 Å². The van der Waals surface area contributed by atoms with Gasteiger partial charge >= 0.3 is 23.2 Å². The van der Waals surface area contributed by atoms with Crippen molar-refractivity contribution in [1.82, 2.24) is 0 Å². The second-order valence-corrected chi connectivity index (χ2v) is 15.8. The SMILES string of the molecule is NCCP(=O)(Oc1ccccc1)Oc1ccc(/C=C/c2cc(OP(=O)(OCN)Oc3ccccc3)cc(OP(=O)(OCN)Oc3ccccc3)c2)cc1. The molecule has 5 rings (SSSR count). The first kappa shape index (κ1) is 39.3. The zero-order valence-electron chi connectivity index (χ0n) is 28.2. The zero-order chi connectivity index (χ0) is 37.6. The standard InChI is InChI=1S/C36H38N3O11P3/c37-22-23-51(40,45-31-10-4-1-5-11-31)46-34-20-18-29(19-21-34)16-17-30-24-35(49-52(41,43-27-38)47-32-12-6-2-7-13-32)26-36(25-30)50-53(42,44-28-39)48-33-14-8-3-9-15-33/h1-21,24-26H,22-23,27-28,37-39H2/b17-16+. The van der Waals surface area contributed by atoms with Gasteiger partial charge in [0.15, 0.2) is 0 Å². The van der Waals surface area contributed by atoms with E-state index in [0.29, 0.717) is 22.6 Å². The molecule has 0 saturated heterocycles. The number of phosphoric acid groups is 2. The van der Waals surface area contributed by atoms with E-state index in [1.807, 2.05) is 6.07 Å². The average molecular weight is 782 g/mol. The molecular formula is C36H38N3O11P3. The monoisotopic (exact) mass is 781 g/mol. The van der Waals surface area contributed by atoms with Crippen molar-refractivity contribution in [2.45, 2.75) is 0 Å². The predicted molar refractivity (Wildman–Crippen MR) is 202 cm³/mol. The highest BCUT2D eigenvalue weighted by atomic mass is 31.2. The first-order valence-electron chi connectivity index (χ1n) is 16.0. The summed E-state index contributed by atoms with van der Waals surface area (Å²) in [5.41, 5.74) is 18.0. The lowest BCUT2D eigenvalue weighted by molar-refractivity contribution is 0.213. The minimum atomic E-state index is -4.36. The number of para-hydroxylation sites is 3. The van der Waals surface area contributed by atoms with Gasteiger partial charge in [-0.1, -0.05) is 78.9 Å². The lowest BCUT2D eigenvalue weighted by Crippen LogP contribution is -2.12. The van der Waals surface area contributed by atoms with Crippen LogP contribution in [0.4, 0.5) is 0 Å². The smallest absolute Gasteiger partial charge is 0.416 e. The Hall–Kier alpha value is -4.87. The third kappa shape index (κ3) is 12.4. The van der Waals surface area contributed by atoms with Gasteiger partial charge in [-0.05, 0) is 71.8 Å². The Labute approximate surface area is 307 Å². The summed E-state index contributed by atoms with van der Waals surface area (Å²) < 4.78 is 85.4. The second kappa shape index (κ2) is 18.8. The Morgan fingerprint density at radius 2 is 0.811 bits per heavy atom. The van der Waals surface area contributed by atoms with Gasteiger partial charge in [0.1, 0.15) is 48.0 Å². The summed E-state index contributed by atoms with van der Waals surface area (Å²) in [6.45, 7) is -0.883. The third-order valence-corrected chi connectivity index (χ3v) is 11.2. The molecule has 5 aromatic carbocycles. The van der Waals surface area contributed by atoms with E-state index in [-0.39, 0.29) is 35.7 Å². The molecule has 278 valence electrons. The average Bonchev–Trinajstić information content (AvgIpc) is 3.12. The van der Waals surface area contributed by atoms with Crippen LogP contribution in [-0.4, -0.2) is 26.2 Å². The number of hydrogen-bond donors (Lipinski definition) is 3. The second-order valence-electron chi connectivity index (χ2n) is 10.7. The van der Waals surface area contributed by atoms with E-state index < -0.39 is 36.7 Å². The van der Waals surface area contributed by atoms with Crippen LogP contribution in [0.15, 0.2) is 133 Å². The third-order valence-electron chi connectivity index (χ3n) is 6.71. The van der Waals surface area contributed by atoms with E-state index in [1.54, 1.807) is 121 Å². The van der Waals surface area contributed by atoms with E-state index in [9.17, 15) is 13.7 Å². The fourth-order valence-corrected chi connectivity index (χ4v) is 8.06. The number of benzene rings is 5. The summed E-state index contributed by atoms with van der Waals surface area (Å²) in [6.07, 6.45) is 3.41. The maximum Gasteiger partial charge on any atom is 0.588 e. The van der Waals surface area contributed by atoms with Crippen LogP contribution in [-0.2, 0) is 22.7 Å². The van der Waals surface area contributed by atoms with Crippen molar-refractivity contribution in [3.63, 3.8) is 0 Å². The molecule has 3 unspecified atom stereocenters. The van der Waals surface area contributed by atoms with Gasteiger partial charge in [0, 0.05) is 12.6 Å². The van der Waals surface area contributed by atoms with Crippen molar-refractivity contribution in [2.75, 3.05) is 26.2 Å². The molecule has 5 aromatic rings. The Bertz CT molecular complexity index is 1990. The van der Waals surface area contributed by atoms with Gasteiger partial charge in [-0.3, -0.25) is 9.05 Å². The van der Waals surface area contributed by atoms with Crippen molar-refractivity contribution in [2.24, 2.45) is 17.2 Å². The van der Waals surface area contributed by atoms with Gasteiger partial charge in [0.25, 0.3) is 0 Å². The van der Waals surface area contributed by atoms with E-state index in [2.05, 4.69) is 0 Å². The maximum atomic E-state index is 13.7. The highest BCUT2D eigenvalue weighted by molar-refractivity contribution is 7.54. The summed E-state index contributed by atoms with van der Waals surface area (Å²) in [5.74, 6) is 0.982. The minimum absolute atomic E-state index is 0.00560. The maximum absolute atomic E-state index is 13.7. The molecule has 0 amide bonds. The summed E-state index contributed by atoms with van der Waals surface area (Å²) >= 11 is 0. The Balaban J connectivity index is 1.42. The number of nitrogens with two attached hydrogens (primary N) is 3. The van der Waals surface area contributed by atoms with Crippen LogP contribution in [0.3, 0.4) is 0 Å². The van der Waals surface area contributed by atoms with Crippen LogP contribution in [0.2, 0.25) is 0 Å². The van der Waals surface area contributed by atoms with E-state index in [1.165, 1.54) is 18.2 Å². The Morgan fingerprint density at radius 1 is 0.434 bits per heavy atom. The molecule has 14 nitrogen and oxygen atoms in total. The molecule has 0 spiro atoms. The molecule has 6 N–H and O–H groups in total. The lowest BCUT2D eigenvalue weighted by Gasteiger charge is -2.21. The molecule has 0 fully saturated rings. The van der Waals surface area contributed by atoms with Gasteiger partial charge in [-0.15, -0.1) is 0 Å². The molecular weight excluding hydrogens is 743 g/mol. The molecule has 17 heteroatoms.